The number of halogens is 5. The molecule has 0 atom stereocenters. The fourth-order valence-electron chi connectivity index (χ4n) is 1.19. The Morgan fingerprint density at radius 3 is 1.95 bits per heavy atom. The van der Waals surface area contributed by atoms with E-state index in [0.717, 1.165) is 0 Å². The summed E-state index contributed by atoms with van der Waals surface area (Å²) in [6, 6.07) is 0. The van der Waals surface area contributed by atoms with Crippen LogP contribution >= 0.6 is 0 Å². The topological polar surface area (TPSA) is 29.5 Å². The summed E-state index contributed by atoms with van der Waals surface area (Å²) in [6.45, 7) is 6.28. The lowest BCUT2D eigenvalue weighted by Gasteiger charge is -2.28. The monoisotopic (exact) mass is 307 g/mol. The van der Waals surface area contributed by atoms with Gasteiger partial charge in [-0.3, -0.25) is 4.79 Å². The first-order valence-corrected chi connectivity index (χ1v) is 9.11. The van der Waals surface area contributed by atoms with E-state index in [4.69, 9.17) is 4.43 Å². The second kappa shape index (κ2) is 6.17. The number of alkyl halides is 5. The number of amides is 1. The third-order valence-corrected chi connectivity index (χ3v) is 3.26. The molecule has 19 heavy (non-hydrogen) atoms. The van der Waals surface area contributed by atoms with Crippen LogP contribution in [-0.2, 0) is 9.22 Å². The van der Waals surface area contributed by atoms with Crippen LogP contribution < -0.4 is 0 Å². The molecule has 9 heteroatoms. The lowest BCUT2D eigenvalue weighted by molar-refractivity contribution is -0.274. The van der Waals surface area contributed by atoms with Crippen LogP contribution in [0.25, 0.3) is 0 Å². The molecule has 114 valence electrons. The summed E-state index contributed by atoms with van der Waals surface area (Å²) in [5.74, 6) is -7.59. The van der Waals surface area contributed by atoms with E-state index in [-0.39, 0.29) is 19.7 Å². The molecule has 0 unspecified atom stereocenters. The number of carbonyl (C=O) groups excluding carboxylic acids is 1. The fourth-order valence-corrected chi connectivity index (χ4v) is 1.89. The van der Waals surface area contributed by atoms with Crippen LogP contribution in [0.15, 0.2) is 0 Å². The summed E-state index contributed by atoms with van der Waals surface area (Å²) >= 11 is 0. The van der Waals surface area contributed by atoms with Gasteiger partial charge < -0.3 is 9.33 Å². The SMILES string of the molecule is CCN(CCO[Si](C)(C)C)C(=O)C(F)(F)C(F)(F)F. The molecule has 0 aromatic carbocycles. The average Bonchev–Trinajstić information content (AvgIpc) is 2.20. The van der Waals surface area contributed by atoms with Gasteiger partial charge in [-0.15, -0.1) is 0 Å². The zero-order valence-corrected chi connectivity index (χ0v) is 12.3. The van der Waals surface area contributed by atoms with Crippen molar-refractivity contribution in [2.75, 3.05) is 19.7 Å². The third kappa shape index (κ3) is 5.43. The molecule has 0 aliphatic rings. The Bertz CT molecular complexity index is 314. The molecule has 0 bridgehead atoms. The lowest BCUT2D eigenvalue weighted by atomic mass is 10.2. The molecule has 0 saturated heterocycles. The highest BCUT2D eigenvalue weighted by Gasteiger charge is 2.64. The minimum absolute atomic E-state index is 0.0523. The number of rotatable bonds is 6. The molecule has 0 heterocycles. The molecular weight excluding hydrogens is 289 g/mol. The molecule has 0 rings (SSSR count). The summed E-state index contributed by atoms with van der Waals surface area (Å²) in [4.78, 5) is 11.7. The van der Waals surface area contributed by atoms with Gasteiger partial charge >= 0.3 is 18.0 Å². The zero-order chi connectivity index (χ0) is 15.5. The number of carbonyl (C=O) groups is 1. The summed E-state index contributed by atoms with van der Waals surface area (Å²) in [7, 11) is -1.90. The number of nitrogens with zero attached hydrogens (tertiary/aromatic N) is 1. The molecular formula is C10H18F5NO2Si. The smallest absolute Gasteiger partial charge is 0.416 e. The van der Waals surface area contributed by atoms with E-state index in [1.807, 2.05) is 19.6 Å². The maximum Gasteiger partial charge on any atom is 0.463 e. The second-order valence-corrected chi connectivity index (χ2v) is 9.43. The van der Waals surface area contributed by atoms with Crippen molar-refractivity contribution >= 4 is 14.2 Å². The highest BCUT2D eigenvalue weighted by Crippen LogP contribution is 2.36. The van der Waals surface area contributed by atoms with Crippen LogP contribution in [0.5, 0.6) is 0 Å². The van der Waals surface area contributed by atoms with Crippen LogP contribution in [0, 0.1) is 0 Å². The first kappa shape index (κ1) is 18.3. The molecule has 0 aromatic rings. The molecule has 0 aliphatic carbocycles. The Morgan fingerprint density at radius 1 is 1.16 bits per heavy atom. The molecule has 0 N–H and O–H groups in total. The van der Waals surface area contributed by atoms with Crippen LogP contribution in [0.4, 0.5) is 22.0 Å². The lowest BCUT2D eigenvalue weighted by Crippen LogP contribution is -2.53. The predicted molar refractivity (Wildman–Crippen MR) is 62.6 cm³/mol. The van der Waals surface area contributed by atoms with E-state index >= 15 is 0 Å². The summed E-state index contributed by atoms with van der Waals surface area (Å²) in [6.07, 6.45) is -5.88. The van der Waals surface area contributed by atoms with Crippen LogP contribution in [0.1, 0.15) is 6.92 Å². The van der Waals surface area contributed by atoms with E-state index in [9.17, 15) is 26.7 Å². The van der Waals surface area contributed by atoms with Gasteiger partial charge in [0.2, 0.25) is 0 Å². The van der Waals surface area contributed by atoms with Crippen molar-refractivity contribution in [1.29, 1.82) is 0 Å². The molecule has 0 spiro atoms. The highest BCUT2D eigenvalue weighted by molar-refractivity contribution is 6.69. The van der Waals surface area contributed by atoms with Gasteiger partial charge in [0.15, 0.2) is 8.32 Å². The molecule has 0 saturated carbocycles. The zero-order valence-electron chi connectivity index (χ0n) is 11.3. The molecule has 0 radical (unpaired) electrons. The minimum atomic E-state index is -5.88. The van der Waals surface area contributed by atoms with E-state index in [0.29, 0.717) is 4.90 Å². The molecule has 0 aliphatic heterocycles. The van der Waals surface area contributed by atoms with E-state index < -0.39 is 26.3 Å². The van der Waals surface area contributed by atoms with Crippen molar-refractivity contribution in [2.45, 2.75) is 38.7 Å². The molecule has 1 amide bonds. The second-order valence-electron chi connectivity index (χ2n) is 4.92. The van der Waals surface area contributed by atoms with E-state index in [1.165, 1.54) is 6.92 Å². The quantitative estimate of drug-likeness (QED) is 0.558. The summed E-state index contributed by atoms with van der Waals surface area (Å²) in [5.41, 5.74) is 0. The summed E-state index contributed by atoms with van der Waals surface area (Å²) in [5, 5.41) is 0. The van der Waals surface area contributed by atoms with Crippen molar-refractivity contribution in [3.05, 3.63) is 0 Å². The Labute approximate surface area is 109 Å². The third-order valence-electron chi connectivity index (χ3n) is 2.19. The normalized spacial score (nSPS) is 13.5. The van der Waals surface area contributed by atoms with Crippen molar-refractivity contribution in [3.63, 3.8) is 0 Å². The van der Waals surface area contributed by atoms with Gasteiger partial charge in [0.05, 0.1) is 6.61 Å². The van der Waals surface area contributed by atoms with Crippen molar-refractivity contribution in [1.82, 2.24) is 4.90 Å². The van der Waals surface area contributed by atoms with Crippen molar-refractivity contribution in [3.8, 4) is 0 Å². The largest absolute Gasteiger partial charge is 0.463 e. The van der Waals surface area contributed by atoms with Gasteiger partial charge in [0, 0.05) is 13.1 Å². The maximum absolute atomic E-state index is 12.9. The Balaban J connectivity index is 4.66. The van der Waals surface area contributed by atoms with Crippen LogP contribution in [0.2, 0.25) is 19.6 Å². The van der Waals surface area contributed by atoms with Gasteiger partial charge in [0.25, 0.3) is 0 Å². The van der Waals surface area contributed by atoms with Crippen molar-refractivity contribution < 1.29 is 31.2 Å². The number of hydrogen-bond donors (Lipinski definition) is 0. The first-order valence-electron chi connectivity index (χ1n) is 5.71. The summed E-state index contributed by atoms with van der Waals surface area (Å²) < 4.78 is 67.3. The average molecular weight is 307 g/mol. The standard InChI is InChI=1S/C10H18F5NO2Si/c1-5-16(6-7-18-19(2,3)4)8(17)9(11,12)10(13,14)15/h5-7H2,1-4H3. The Morgan fingerprint density at radius 2 is 1.63 bits per heavy atom. The Hall–Kier alpha value is -0.703. The number of likely N-dealkylation sites (N-methyl/N-ethyl adjacent to an activating group) is 1. The van der Waals surface area contributed by atoms with E-state index in [2.05, 4.69) is 0 Å². The minimum Gasteiger partial charge on any atom is -0.416 e. The van der Waals surface area contributed by atoms with Crippen LogP contribution in [0.3, 0.4) is 0 Å². The van der Waals surface area contributed by atoms with Gasteiger partial charge in [-0.05, 0) is 26.6 Å². The predicted octanol–water partition coefficient (Wildman–Crippen LogP) is 2.88. The van der Waals surface area contributed by atoms with Gasteiger partial charge in [-0.2, -0.15) is 22.0 Å². The first-order chi connectivity index (χ1) is 8.33. The molecule has 3 nitrogen and oxygen atoms in total. The van der Waals surface area contributed by atoms with Crippen LogP contribution in [-0.4, -0.2) is 50.9 Å². The molecule has 0 aromatic heterocycles. The van der Waals surface area contributed by atoms with Gasteiger partial charge in [-0.25, -0.2) is 0 Å². The molecule has 0 fully saturated rings. The number of hydrogen-bond acceptors (Lipinski definition) is 2. The fraction of sp³-hybridized carbons (Fsp3) is 0.900. The highest BCUT2D eigenvalue weighted by atomic mass is 28.4. The maximum atomic E-state index is 12.9. The van der Waals surface area contributed by atoms with Crippen molar-refractivity contribution in [2.24, 2.45) is 0 Å². The van der Waals surface area contributed by atoms with E-state index in [1.54, 1.807) is 0 Å². The van der Waals surface area contributed by atoms with Gasteiger partial charge in [-0.1, -0.05) is 0 Å². The van der Waals surface area contributed by atoms with Gasteiger partial charge in [0.1, 0.15) is 0 Å². The Kier molecular flexibility index (Phi) is 5.94.